The number of fused-ring (bicyclic) bond motifs is 5. The Kier molecular flexibility index (Phi) is 6.19. The summed E-state index contributed by atoms with van der Waals surface area (Å²) in [4.78, 5) is 0. The van der Waals surface area contributed by atoms with Crippen molar-refractivity contribution in [3.05, 3.63) is 29.3 Å². The van der Waals surface area contributed by atoms with Gasteiger partial charge in [0.25, 0.3) is 0 Å². The minimum atomic E-state index is -0.416. The van der Waals surface area contributed by atoms with Gasteiger partial charge >= 0.3 is 0 Å². The summed E-state index contributed by atoms with van der Waals surface area (Å²) in [5.41, 5.74) is 2.62. The predicted octanol–water partition coefficient (Wildman–Crippen LogP) is 5.85. The smallest absolute Gasteiger partial charge is 0.199 e. The summed E-state index contributed by atoms with van der Waals surface area (Å²) in [5.74, 6) is 2.51. The summed E-state index contributed by atoms with van der Waals surface area (Å²) in [6.07, 6.45) is 11.9. The molecule has 5 heteroatoms. The van der Waals surface area contributed by atoms with Gasteiger partial charge in [-0.05, 0) is 111 Å². The van der Waals surface area contributed by atoms with Gasteiger partial charge in [0.05, 0.1) is 18.8 Å². The molecule has 2 aliphatic heterocycles. The van der Waals surface area contributed by atoms with Gasteiger partial charge in [-0.2, -0.15) is 0 Å². The molecule has 0 aromatic heterocycles. The van der Waals surface area contributed by atoms with Gasteiger partial charge in [0, 0.05) is 13.0 Å². The Balaban J connectivity index is 1.19. The van der Waals surface area contributed by atoms with Crippen molar-refractivity contribution in [3.63, 3.8) is 0 Å². The van der Waals surface area contributed by atoms with Crippen molar-refractivity contribution in [2.24, 2.45) is 17.3 Å². The molecule has 0 spiro atoms. The first-order valence-electron chi connectivity index (χ1n) is 13.5. The van der Waals surface area contributed by atoms with Crippen LogP contribution in [0.15, 0.2) is 18.2 Å². The molecule has 4 fully saturated rings. The van der Waals surface area contributed by atoms with Crippen molar-refractivity contribution in [2.45, 2.75) is 108 Å². The van der Waals surface area contributed by atoms with Gasteiger partial charge in [-0.3, -0.25) is 0 Å². The van der Waals surface area contributed by atoms with Crippen LogP contribution in [0.5, 0.6) is 5.75 Å². The lowest BCUT2D eigenvalue weighted by Gasteiger charge is -2.51. The van der Waals surface area contributed by atoms with Crippen LogP contribution in [0.2, 0.25) is 0 Å². The fraction of sp³-hybridized carbons (Fsp3) is 0.786. The fourth-order valence-electron chi connectivity index (χ4n) is 7.77. The van der Waals surface area contributed by atoms with Crippen molar-refractivity contribution in [1.82, 2.24) is 0 Å². The minimum Gasteiger partial charge on any atom is -0.465 e. The van der Waals surface area contributed by atoms with Gasteiger partial charge < -0.3 is 24.1 Å². The lowest BCUT2D eigenvalue weighted by atomic mass is 9.55. The highest BCUT2D eigenvalue weighted by Crippen LogP contribution is 2.63. The number of rotatable bonds is 4. The van der Waals surface area contributed by atoms with E-state index in [4.69, 9.17) is 18.9 Å². The lowest BCUT2D eigenvalue weighted by molar-refractivity contribution is -0.213. The van der Waals surface area contributed by atoms with E-state index < -0.39 is 6.10 Å². The third kappa shape index (κ3) is 4.13. The predicted molar refractivity (Wildman–Crippen MR) is 125 cm³/mol. The van der Waals surface area contributed by atoms with Crippen LogP contribution in [-0.2, 0) is 14.2 Å². The molecular weight excluding hydrogens is 416 g/mol. The number of hydrogen-bond donors (Lipinski definition) is 1. The highest BCUT2D eigenvalue weighted by molar-refractivity contribution is 5.42. The van der Waals surface area contributed by atoms with E-state index in [1.807, 2.05) is 0 Å². The first kappa shape index (κ1) is 22.3. The summed E-state index contributed by atoms with van der Waals surface area (Å²) in [7, 11) is 0. The molecule has 2 saturated carbocycles. The molecule has 3 aliphatic carbocycles. The monoisotopic (exact) mass is 456 g/mol. The van der Waals surface area contributed by atoms with Crippen LogP contribution in [0, 0.1) is 17.3 Å². The first-order chi connectivity index (χ1) is 16.1. The minimum absolute atomic E-state index is 0.0127. The Labute approximate surface area is 198 Å². The summed E-state index contributed by atoms with van der Waals surface area (Å²) < 4.78 is 24.4. The largest absolute Gasteiger partial charge is 0.465 e. The maximum Gasteiger partial charge on any atom is 0.199 e. The van der Waals surface area contributed by atoms with Crippen molar-refractivity contribution in [2.75, 3.05) is 13.2 Å². The van der Waals surface area contributed by atoms with Crippen molar-refractivity contribution in [1.29, 1.82) is 0 Å². The first-order valence-corrected chi connectivity index (χ1v) is 13.5. The molecule has 0 bridgehead atoms. The molecule has 6 unspecified atom stereocenters. The molecule has 1 aromatic rings. The normalized spacial score (nSPS) is 42.8. The summed E-state index contributed by atoms with van der Waals surface area (Å²) in [6, 6.07) is 6.42. The maximum atomic E-state index is 11.2. The van der Waals surface area contributed by atoms with Gasteiger partial charge in [-0.1, -0.05) is 13.0 Å². The van der Waals surface area contributed by atoms with Crippen LogP contribution in [-0.4, -0.2) is 37.0 Å². The van der Waals surface area contributed by atoms with Crippen LogP contribution in [0.3, 0.4) is 0 Å². The zero-order valence-electron chi connectivity index (χ0n) is 20.0. The van der Waals surface area contributed by atoms with E-state index in [0.29, 0.717) is 17.8 Å². The van der Waals surface area contributed by atoms with Crippen molar-refractivity contribution < 1.29 is 24.1 Å². The molecular formula is C28H40O5. The zero-order chi connectivity index (χ0) is 22.4. The second-order valence-corrected chi connectivity index (χ2v) is 11.4. The molecule has 33 heavy (non-hydrogen) atoms. The molecule has 2 saturated heterocycles. The molecule has 5 nitrogen and oxygen atoms in total. The van der Waals surface area contributed by atoms with Gasteiger partial charge in [-0.25, -0.2) is 0 Å². The van der Waals surface area contributed by atoms with E-state index >= 15 is 0 Å². The highest BCUT2D eigenvalue weighted by Gasteiger charge is 2.56. The topological polar surface area (TPSA) is 57.2 Å². The van der Waals surface area contributed by atoms with E-state index in [1.54, 1.807) is 0 Å². The molecule has 0 radical (unpaired) electrons. The third-order valence-electron chi connectivity index (χ3n) is 9.52. The fourth-order valence-corrected chi connectivity index (χ4v) is 7.77. The van der Waals surface area contributed by atoms with E-state index in [0.717, 1.165) is 69.5 Å². The van der Waals surface area contributed by atoms with E-state index in [-0.39, 0.29) is 24.1 Å². The summed E-state index contributed by atoms with van der Waals surface area (Å²) >= 11 is 0. The average molecular weight is 457 g/mol. The SMILES string of the molecule is C[C@]12CCC3c4ccc(OC5CCCCO5)cc4C(O)CC3C1CC[C@@H]2OC1CCCCO1. The second-order valence-electron chi connectivity index (χ2n) is 11.4. The van der Waals surface area contributed by atoms with E-state index in [9.17, 15) is 5.11 Å². The van der Waals surface area contributed by atoms with Gasteiger partial charge in [0.15, 0.2) is 12.6 Å². The van der Waals surface area contributed by atoms with Crippen LogP contribution in [0.4, 0.5) is 0 Å². The molecule has 6 rings (SSSR count). The molecule has 0 amide bonds. The van der Waals surface area contributed by atoms with E-state index in [2.05, 4.69) is 25.1 Å². The zero-order valence-corrected chi connectivity index (χ0v) is 20.0. The van der Waals surface area contributed by atoms with Crippen LogP contribution < -0.4 is 4.74 Å². The number of hydrogen-bond acceptors (Lipinski definition) is 5. The molecule has 5 aliphatic rings. The van der Waals surface area contributed by atoms with Crippen molar-refractivity contribution in [3.8, 4) is 5.75 Å². The summed E-state index contributed by atoms with van der Waals surface area (Å²) in [6.45, 7) is 4.07. The van der Waals surface area contributed by atoms with Gasteiger partial charge in [0.2, 0.25) is 0 Å². The van der Waals surface area contributed by atoms with E-state index in [1.165, 1.54) is 31.2 Å². The molecule has 1 N–H and O–H groups in total. The maximum absolute atomic E-state index is 11.2. The Hall–Kier alpha value is -1.14. The number of benzene rings is 1. The average Bonchev–Trinajstić information content (AvgIpc) is 3.17. The molecule has 8 atom stereocenters. The standard InChI is InChI=1S/C28H40O5/c1-28-13-12-20-19-9-8-18(32-26-6-2-4-14-30-26)16-22(19)24(29)17-21(20)23(28)10-11-25(28)33-27-7-3-5-15-31-27/h8-9,16,20-21,23-27,29H,2-7,10-15,17H2,1H3/t20?,21?,23?,24?,25-,26?,27?,28-/m0/s1. The Morgan fingerprint density at radius 1 is 0.909 bits per heavy atom. The van der Waals surface area contributed by atoms with Crippen LogP contribution in [0.25, 0.3) is 0 Å². The van der Waals surface area contributed by atoms with Gasteiger partial charge in [-0.15, -0.1) is 0 Å². The quantitative estimate of drug-likeness (QED) is 0.616. The summed E-state index contributed by atoms with van der Waals surface area (Å²) in [5, 5.41) is 11.2. The molecule has 2 heterocycles. The van der Waals surface area contributed by atoms with Crippen LogP contribution in [0.1, 0.15) is 101 Å². The molecule has 1 aromatic carbocycles. The number of ether oxygens (including phenoxy) is 4. The lowest BCUT2D eigenvalue weighted by Crippen LogP contribution is -2.46. The number of aliphatic hydroxyl groups is 1. The Morgan fingerprint density at radius 3 is 2.45 bits per heavy atom. The van der Waals surface area contributed by atoms with Crippen molar-refractivity contribution >= 4 is 0 Å². The molecule has 182 valence electrons. The third-order valence-corrected chi connectivity index (χ3v) is 9.52. The highest BCUT2D eigenvalue weighted by atomic mass is 16.7. The van der Waals surface area contributed by atoms with Gasteiger partial charge in [0.1, 0.15) is 5.75 Å². The Morgan fingerprint density at radius 2 is 1.70 bits per heavy atom. The number of aliphatic hydroxyl groups excluding tert-OH is 1. The second kappa shape index (κ2) is 9.14. The Bertz CT molecular complexity index is 830. The van der Waals surface area contributed by atoms with Crippen LogP contribution >= 0.6 is 0 Å².